The molecule has 11 nitrogen and oxygen atoms in total. The van der Waals surface area contributed by atoms with Crippen LogP contribution in [0.15, 0.2) is 35.3 Å². The van der Waals surface area contributed by atoms with Gasteiger partial charge >= 0.3 is 11.9 Å². The molecule has 0 saturated heterocycles. The maximum atomic E-state index is 12.8. The van der Waals surface area contributed by atoms with Gasteiger partial charge < -0.3 is 31.5 Å². The van der Waals surface area contributed by atoms with E-state index in [0.29, 0.717) is 18.9 Å². The lowest BCUT2D eigenvalue weighted by atomic mass is 10.0. The molecule has 32 heavy (non-hydrogen) atoms. The number of nitrogens with two attached hydrogens (primary N) is 1. The number of hydrogen-bond donors (Lipinski definition) is 5. The molecular weight excluding hydrogens is 418 g/mol. The van der Waals surface area contributed by atoms with Crippen molar-refractivity contribution in [2.75, 3.05) is 20.6 Å². The number of carbonyl (C=O) groups is 4. The molecule has 0 aliphatic rings. The van der Waals surface area contributed by atoms with Crippen LogP contribution in [0.4, 0.5) is 0 Å². The summed E-state index contributed by atoms with van der Waals surface area (Å²) >= 11 is 0. The van der Waals surface area contributed by atoms with Crippen molar-refractivity contribution in [3.05, 3.63) is 35.9 Å². The number of aliphatic imine (C=N–C) groups is 1. The summed E-state index contributed by atoms with van der Waals surface area (Å²) in [6.07, 6.45) is -0.0349. The topological polar surface area (TPSA) is 174 Å². The minimum absolute atomic E-state index is 0.0747. The number of hydrogen-bond acceptors (Lipinski definition) is 5. The highest BCUT2D eigenvalue weighted by Gasteiger charge is 2.26. The zero-order chi connectivity index (χ0) is 24.1. The average molecular weight is 450 g/mol. The predicted octanol–water partition coefficient (Wildman–Crippen LogP) is -0.195. The van der Waals surface area contributed by atoms with E-state index in [1.54, 1.807) is 49.3 Å². The van der Waals surface area contributed by atoms with Gasteiger partial charge in [-0.05, 0) is 18.4 Å². The maximum absolute atomic E-state index is 12.8. The summed E-state index contributed by atoms with van der Waals surface area (Å²) in [5.74, 6) is -3.31. The lowest BCUT2D eigenvalue weighted by Gasteiger charge is -2.21. The number of benzene rings is 1. The maximum Gasteiger partial charge on any atom is 0.326 e. The van der Waals surface area contributed by atoms with Gasteiger partial charge in [0, 0.05) is 33.5 Å². The van der Waals surface area contributed by atoms with E-state index in [4.69, 9.17) is 10.8 Å². The number of guanidine groups is 1. The molecule has 1 rings (SSSR count). The molecule has 6 N–H and O–H groups in total. The van der Waals surface area contributed by atoms with Crippen molar-refractivity contribution < 1.29 is 29.4 Å². The Morgan fingerprint density at radius 1 is 1.03 bits per heavy atom. The van der Waals surface area contributed by atoms with Gasteiger partial charge in [0.2, 0.25) is 11.8 Å². The van der Waals surface area contributed by atoms with Gasteiger partial charge in [0.05, 0.1) is 6.42 Å². The Hall–Kier alpha value is -3.63. The van der Waals surface area contributed by atoms with Gasteiger partial charge in [-0.15, -0.1) is 0 Å². The Kier molecular flexibility index (Phi) is 11.2. The molecule has 0 heterocycles. The lowest BCUT2D eigenvalue weighted by molar-refractivity contribution is -0.142. The molecular formula is C21H31N5O6. The molecule has 2 unspecified atom stereocenters. The first kappa shape index (κ1) is 26.4. The number of nitrogens with zero attached hydrogens (tertiary/aromatic N) is 2. The van der Waals surface area contributed by atoms with Gasteiger partial charge in [0.25, 0.3) is 0 Å². The smallest absolute Gasteiger partial charge is 0.326 e. The van der Waals surface area contributed by atoms with Crippen LogP contribution in [0.1, 0.15) is 31.2 Å². The largest absolute Gasteiger partial charge is 0.481 e. The number of rotatable bonds is 13. The van der Waals surface area contributed by atoms with E-state index in [0.717, 1.165) is 5.56 Å². The molecule has 0 aliphatic carbocycles. The summed E-state index contributed by atoms with van der Waals surface area (Å²) in [7, 11) is 3.47. The third kappa shape index (κ3) is 10.4. The Morgan fingerprint density at radius 3 is 2.25 bits per heavy atom. The summed E-state index contributed by atoms with van der Waals surface area (Å²) < 4.78 is 0. The minimum atomic E-state index is -1.21. The van der Waals surface area contributed by atoms with Gasteiger partial charge in [0.15, 0.2) is 5.96 Å². The highest BCUT2D eigenvalue weighted by molar-refractivity contribution is 5.91. The van der Waals surface area contributed by atoms with Crippen molar-refractivity contribution in [3.8, 4) is 0 Å². The highest BCUT2D eigenvalue weighted by Crippen LogP contribution is 2.06. The fraction of sp³-hybridized carbons (Fsp3) is 0.476. The number of nitrogens with one attached hydrogen (secondary N) is 2. The van der Waals surface area contributed by atoms with E-state index in [2.05, 4.69) is 15.6 Å². The molecule has 0 spiro atoms. The van der Waals surface area contributed by atoms with Crippen molar-refractivity contribution in [1.29, 1.82) is 0 Å². The number of carbonyl (C=O) groups excluding carboxylic acids is 2. The first-order valence-electron chi connectivity index (χ1n) is 10.2. The van der Waals surface area contributed by atoms with Crippen molar-refractivity contribution in [1.82, 2.24) is 15.5 Å². The summed E-state index contributed by atoms with van der Waals surface area (Å²) in [5, 5.41) is 23.2. The summed E-state index contributed by atoms with van der Waals surface area (Å²) in [6.45, 7) is 0.297. The first-order chi connectivity index (χ1) is 15.1. The van der Waals surface area contributed by atoms with E-state index in [9.17, 15) is 24.3 Å². The van der Waals surface area contributed by atoms with Gasteiger partial charge in [-0.1, -0.05) is 30.3 Å². The molecule has 176 valence electrons. The lowest BCUT2D eigenvalue weighted by Crippen LogP contribution is -2.52. The van der Waals surface area contributed by atoms with Gasteiger partial charge in [-0.2, -0.15) is 0 Å². The van der Waals surface area contributed by atoms with Crippen LogP contribution in [0.5, 0.6) is 0 Å². The first-order valence-corrected chi connectivity index (χ1v) is 10.2. The van der Waals surface area contributed by atoms with Gasteiger partial charge in [-0.25, -0.2) is 4.79 Å². The van der Waals surface area contributed by atoms with Gasteiger partial charge in [0.1, 0.15) is 12.1 Å². The molecule has 0 radical (unpaired) electrons. The van der Waals surface area contributed by atoms with E-state index < -0.39 is 35.8 Å². The van der Waals surface area contributed by atoms with Crippen LogP contribution in [0.2, 0.25) is 0 Å². The number of carboxylic acid groups (broad SMARTS) is 2. The predicted molar refractivity (Wildman–Crippen MR) is 118 cm³/mol. The van der Waals surface area contributed by atoms with Crippen molar-refractivity contribution >= 4 is 29.7 Å². The van der Waals surface area contributed by atoms with Crippen LogP contribution in [-0.4, -0.2) is 77.5 Å². The molecule has 0 saturated carbocycles. The number of carboxylic acids is 2. The molecule has 1 aromatic carbocycles. The average Bonchev–Trinajstić information content (AvgIpc) is 2.74. The zero-order valence-electron chi connectivity index (χ0n) is 18.3. The second-order valence-electron chi connectivity index (χ2n) is 7.38. The second-order valence-corrected chi connectivity index (χ2v) is 7.38. The Labute approximate surface area is 186 Å². The molecule has 0 fully saturated rings. The van der Waals surface area contributed by atoms with E-state index in [1.807, 2.05) is 0 Å². The number of amides is 2. The summed E-state index contributed by atoms with van der Waals surface area (Å²) in [6, 6.07) is 6.60. The van der Waals surface area contributed by atoms with E-state index >= 15 is 0 Å². The zero-order valence-corrected chi connectivity index (χ0v) is 18.3. The van der Waals surface area contributed by atoms with Crippen LogP contribution >= 0.6 is 0 Å². The quantitative estimate of drug-likeness (QED) is 0.156. The molecule has 2 amide bonds. The van der Waals surface area contributed by atoms with Crippen LogP contribution in [0, 0.1) is 0 Å². The Balaban J connectivity index is 2.83. The normalized spacial score (nSPS) is 13.0. The standard InChI is InChI=1S/C21H31N5O6/c1-26(2)21(22)23-12-6-9-15(24-17(27)10-11-18(28)29)19(30)25-16(20(31)32)13-14-7-4-3-5-8-14/h3-5,7-8,15-16H,6,9-13H2,1-2H3,(H2,22,23)(H,24,27)(H,25,30)(H,28,29)(H,31,32). The molecule has 0 aliphatic heterocycles. The van der Waals surface area contributed by atoms with Crippen LogP contribution in [0.25, 0.3) is 0 Å². The molecule has 0 aromatic heterocycles. The third-order valence-electron chi connectivity index (χ3n) is 4.50. The monoisotopic (exact) mass is 449 g/mol. The van der Waals surface area contributed by atoms with Crippen molar-refractivity contribution in [2.24, 2.45) is 10.7 Å². The SMILES string of the molecule is CN(C)C(N)=NCCCC(NC(=O)CCC(=O)O)C(=O)NC(Cc1ccccc1)C(=O)O. The Bertz CT molecular complexity index is 812. The fourth-order valence-electron chi connectivity index (χ4n) is 2.71. The molecule has 1 aromatic rings. The van der Waals surface area contributed by atoms with Crippen LogP contribution < -0.4 is 16.4 Å². The van der Waals surface area contributed by atoms with E-state index in [-0.39, 0.29) is 25.7 Å². The Morgan fingerprint density at radius 2 is 1.69 bits per heavy atom. The van der Waals surface area contributed by atoms with E-state index in [1.165, 1.54) is 0 Å². The van der Waals surface area contributed by atoms with Crippen LogP contribution in [-0.2, 0) is 25.6 Å². The summed E-state index contributed by atoms with van der Waals surface area (Å²) in [5.41, 5.74) is 6.45. The molecule has 0 bridgehead atoms. The van der Waals surface area contributed by atoms with Crippen LogP contribution in [0.3, 0.4) is 0 Å². The van der Waals surface area contributed by atoms with Gasteiger partial charge in [-0.3, -0.25) is 19.4 Å². The fourth-order valence-corrected chi connectivity index (χ4v) is 2.71. The summed E-state index contributed by atoms with van der Waals surface area (Å²) in [4.78, 5) is 53.0. The minimum Gasteiger partial charge on any atom is -0.481 e. The molecule has 11 heteroatoms. The molecule has 2 atom stereocenters. The van der Waals surface area contributed by atoms with Crippen molar-refractivity contribution in [3.63, 3.8) is 0 Å². The number of aliphatic carboxylic acids is 2. The third-order valence-corrected chi connectivity index (χ3v) is 4.50. The second kappa shape index (κ2) is 13.6. The highest BCUT2D eigenvalue weighted by atomic mass is 16.4. The van der Waals surface area contributed by atoms with Crippen molar-refractivity contribution in [2.45, 2.75) is 44.2 Å².